The molecule has 2 heteroatoms. The second-order valence-corrected chi connectivity index (χ2v) is 4.90. The Bertz CT molecular complexity index is 165. The van der Waals surface area contributed by atoms with Crippen LogP contribution < -0.4 is 5.32 Å². The summed E-state index contributed by atoms with van der Waals surface area (Å²) in [6, 6.07) is 1.57. The molecule has 1 saturated carbocycles. The van der Waals surface area contributed by atoms with E-state index in [1.165, 1.54) is 38.8 Å². The van der Waals surface area contributed by atoms with Crippen LogP contribution in [0.2, 0.25) is 0 Å². The Morgan fingerprint density at radius 1 is 1.31 bits per heavy atom. The molecule has 2 nitrogen and oxygen atoms in total. The Balaban J connectivity index is 1.68. The molecule has 0 aromatic rings. The summed E-state index contributed by atoms with van der Waals surface area (Å²) in [6.45, 7) is 4.88. The molecule has 0 bridgehead atoms. The second kappa shape index (κ2) is 3.97. The second-order valence-electron chi connectivity index (χ2n) is 4.90. The lowest BCUT2D eigenvalue weighted by molar-refractivity contribution is 0.168. The van der Waals surface area contributed by atoms with Crippen molar-refractivity contribution in [1.29, 1.82) is 0 Å². The first kappa shape index (κ1) is 9.47. The fourth-order valence-corrected chi connectivity index (χ4v) is 2.13. The van der Waals surface area contributed by atoms with Crippen LogP contribution in [0.5, 0.6) is 0 Å². The zero-order valence-corrected chi connectivity index (χ0v) is 8.92. The van der Waals surface area contributed by atoms with Gasteiger partial charge in [-0.05, 0) is 58.7 Å². The lowest BCUT2D eigenvalue weighted by Gasteiger charge is -2.35. The Morgan fingerprint density at radius 3 is 2.69 bits per heavy atom. The smallest absolute Gasteiger partial charge is 0.00941 e. The first-order valence-corrected chi connectivity index (χ1v) is 5.69. The molecule has 0 radical (unpaired) electrons. The average molecular weight is 182 g/mol. The van der Waals surface area contributed by atoms with Crippen molar-refractivity contribution in [3.63, 3.8) is 0 Å². The van der Waals surface area contributed by atoms with Crippen LogP contribution in [-0.4, -0.2) is 37.1 Å². The first-order chi connectivity index (χ1) is 6.25. The molecule has 13 heavy (non-hydrogen) atoms. The van der Waals surface area contributed by atoms with Gasteiger partial charge < -0.3 is 10.2 Å². The van der Waals surface area contributed by atoms with E-state index < -0.39 is 0 Å². The quantitative estimate of drug-likeness (QED) is 0.711. The van der Waals surface area contributed by atoms with Crippen LogP contribution in [-0.2, 0) is 0 Å². The monoisotopic (exact) mass is 182 g/mol. The van der Waals surface area contributed by atoms with Gasteiger partial charge in [-0.15, -0.1) is 0 Å². The van der Waals surface area contributed by atoms with Crippen molar-refractivity contribution in [2.45, 2.75) is 44.7 Å². The molecular weight excluding hydrogens is 160 g/mol. The van der Waals surface area contributed by atoms with Gasteiger partial charge in [0.05, 0.1) is 0 Å². The van der Waals surface area contributed by atoms with Gasteiger partial charge in [-0.1, -0.05) is 0 Å². The van der Waals surface area contributed by atoms with E-state index in [1.54, 1.807) is 0 Å². The summed E-state index contributed by atoms with van der Waals surface area (Å²) in [5.74, 6) is 1.02. The third-order valence-corrected chi connectivity index (χ3v) is 3.60. The van der Waals surface area contributed by atoms with E-state index in [2.05, 4.69) is 24.2 Å². The van der Waals surface area contributed by atoms with Gasteiger partial charge in [-0.2, -0.15) is 0 Å². The maximum absolute atomic E-state index is 3.71. The molecule has 0 amide bonds. The SMILES string of the molecule is CC1CC(NCC2CC2)CCN1C. The van der Waals surface area contributed by atoms with Crippen molar-refractivity contribution < 1.29 is 0 Å². The van der Waals surface area contributed by atoms with E-state index >= 15 is 0 Å². The Kier molecular flexibility index (Phi) is 2.89. The van der Waals surface area contributed by atoms with Crippen LogP contribution in [0.25, 0.3) is 0 Å². The lowest BCUT2D eigenvalue weighted by atomic mass is 9.99. The Hall–Kier alpha value is -0.0800. The first-order valence-electron chi connectivity index (χ1n) is 5.69. The van der Waals surface area contributed by atoms with Gasteiger partial charge in [0.15, 0.2) is 0 Å². The maximum atomic E-state index is 3.71. The van der Waals surface area contributed by atoms with Gasteiger partial charge in [-0.3, -0.25) is 0 Å². The maximum Gasteiger partial charge on any atom is 0.00941 e. The summed E-state index contributed by atoms with van der Waals surface area (Å²) < 4.78 is 0. The van der Waals surface area contributed by atoms with Crippen molar-refractivity contribution in [2.24, 2.45) is 5.92 Å². The van der Waals surface area contributed by atoms with E-state index in [4.69, 9.17) is 0 Å². The molecule has 0 aromatic heterocycles. The summed E-state index contributed by atoms with van der Waals surface area (Å²) in [6.07, 6.45) is 5.61. The van der Waals surface area contributed by atoms with E-state index in [0.717, 1.165) is 18.0 Å². The van der Waals surface area contributed by atoms with Crippen LogP contribution in [0.4, 0.5) is 0 Å². The third-order valence-electron chi connectivity index (χ3n) is 3.60. The molecule has 2 rings (SSSR count). The highest BCUT2D eigenvalue weighted by atomic mass is 15.1. The summed E-state index contributed by atoms with van der Waals surface area (Å²) in [5.41, 5.74) is 0. The van der Waals surface area contributed by atoms with Gasteiger partial charge in [0, 0.05) is 12.1 Å². The highest BCUT2D eigenvalue weighted by Gasteiger charge is 2.25. The number of nitrogens with zero attached hydrogens (tertiary/aromatic N) is 1. The minimum atomic E-state index is 0.769. The predicted octanol–water partition coefficient (Wildman–Crippen LogP) is 1.47. The number of rotatable bonds is 3. The van der Waals surface area contributed by atoms with E-state index in [0.29, 0.717) is 0 Å². The van der Waals surface area contributed by atoms with Gasteiger partial charge in [0.1, 0.15) is 0 Å². The van der Waals surface area contributed by atoms with Crippen molar-refractivity contribution in [3.05, 3.63) is 0 Å². The highest BCUT2D eigenvalue weighted by molar-refractivity contribution is 4.84. The van der Waals surface area contributed by atoms with Crippen LogP contribution in [0.15, 0.2) is 0 Å². The zero-order valence-electron chi connectivity index (χ0n) is 8.92. The average Bonchev–Trinajstić information content (AvgIpc) is 2.91. The fourth-order valence-electron chi connectivity index (χ4n) is 2.13. The van der Waals surface area contributed by atoms with E-state index in [-0.39, 0.29) is 0 Å². The van der Waals surface area contributed by atoms with Crippen molar-refractivity contribution in [3.8, 4) is 0 Å². The molecule has 1 aliphatic heterocycles. The number of likely N-dealkylation sites (tertiary alicyclic amines) is 1. The molecule has 0 spiro atoms. The van der Waals surface area contributed by atoms with E-state index in [1.807, 2.05) is 0 Å². The van der Waals surface area contributed by atoms with Crippen molar-refractivity contribution >= 4 is 0 Å². The van der Waals surface area contributed by atoms with Gasteiger partial charge in [0.2, 0.25) is 0 Å². The van der Waals surface area contributed by atoms with Crippen LogP contribution in [0, 0.1) is 5.92 Å². The molecule has 1 heterocycles. The van der Waals surface area contributed by atoms with Crippen LogP contribution in [0.1, 0.15) is 32.6 Å². The molecule has 76 valence electrons. The number of piperidine rings is 1. The minimum absolute atomic E-state index is 0.769. The number of hydrogen-bond donors (Lipinski definition) is 1. The zero-order chi connectivity index (χ0) is 9.26. The van der Waals surface area contributed by atoms with Crippen LogP contribution in [0.3, 0.4) is 0 Å². The summed E-state index contributed by atoms with van der Waals surface area (Å²) in [4.78, 5) is 2.47. The molecular formula is C11H22N2. The molecule has 1 saturated heterocycles. The van der Waals surface area contributed by atoms with Crippen molar-refractivity contribution in [1.82, 2.24) is 10.2 Å². The summed E-state index contributed by atoms with van der Waals surface area (Å²) in [5, 5.41) is 3.71. The molecule has 1 N–H and O–H groups in total. The molecule has 2 aliphatic rings. The van der Waals surface area contributed by atoms with Gasteiger partial charge in [0.25, 0.3) is 0 Å². The lowest BCUT2D eigenvalue weighted by Crippen LogP contribution is -2.46. The summed E-state index contributed by atoms with van der Waals surface area (Å²) in [7, 11) is 2.24. The number of hydrogen-bond acceptors (Lipinski definition) is 2. The third kappa shape index (κ3) is 2.68. The number of nitrogens with one attached hydrogen (secondary N) is 1. The van der Waals surface area contributed by atoms with Crippen LogP contribution >= 0.6 is 0 Å². The summed E-state index contributed by atoms with van der Waals surface area (Å²) >= 11 is 0. The molecule has 1 aliphatic carbocycles. The Morgan fingerprint density at radius 2 is 2.08 bits per heavy atom. The normalized spacial score (nSPS) is 36.5. The highest BCUT2D eigenvalue weighted by Crippen LogP contribution is 2.28. The van der Waals surface area contributed by atoms with Crippen molar-refractivity contribution in [2.75, 3.05) is 20.1 Å². The largest absolute Gasteiger partial charge is 0.314 e. The molecule has 2 atom stereocenters. The topological polar surface area (TPSA) is 15.3 Å². The fraction of sp³-hybridized carbons (Fsp3) is 1.00. The molecule has 0 aromatic carbocycles. The Labute approximate surface area is 81.7 Å². The predicted molar refractivity (Wildman–Crippen MR) is 55.8 cm³/mol. The molecule has 2 fully saturated rings. The minimum Gasteiger partial charge on any atom is -0.314 e. The van der Waals surface area contributed by atoms with Gasteiger partial charge in [-0.25, -0.2) is 0 Å². The molecule has 2 unspecified atom stereocenters. The van der Waals surface area contributed by atoms with E-state index in [9.17, 15) is 0 Å². The van der Waals surface area contributed by atoms with Gasteiger partial charge >= 0.3 is 0 Å². The standard InChI is InChI=1S/C11H22N2/c1-9-7-11(5-6-13(9)2)12-8-10-3-4-10/h9-12H,3-8H2,1-2H3.